The molecule has 17 heavy (non-hydrogen) atoms. The maximum atomic E-state index is 5.42. The summed E-state index contributed by atoms with van der Waals surface area (Å²) in [6, 6.07) is 6.50. The number of hydrogen-bond acceptors (Lipinski definition) is 2. The second kappa shape index (κ2) is 6.06. The summed E-state index contributed by atoms with van der Waals surface area (Å²) in [4.78, 5) is 0. The van der Waals surface area contributed by atoms with Gasteiger partial charge < -0.3 is 10.1 Å². The molecule has 0 aliphatic rings. The Morgan fingerprint density at radius 3 is 2.53 bits per heavy atom. The Labute approximate surface area is 105 Å². The third-order valence-corrected chi connectivity index (χ3v) is 3.45. The van der Waals surface area contributed by atoms with Crippen molar-refractivity contribution in [2.75, 3.05) is 14.2 Å². The molecule has 0 aromatic heterocycles. The standard InChI is InChI=1S/C15H25NO/c1-6-12-7-8-14(17-5)13(11-12)9-10-15(2,3)16-4/h7-8,11,16H,6,9-10H2,1-5H3. The van der Waals surface area contributed by atoms with Gasteiger partial charge in [0.15, 0.2) is 0 Å². The third-order valence-electron chi connectivity index (χ3n) is 3.45. The number of rotatable bonds is 6. The van der Waals surface area contributed by atoms with Gasteiger partial charge in [0.2, 0.25) is 0 Å². The summed E-state index contributed by atoms with van der Waals surface area (Å²) in [7, 11) is 3.76. The van der Waals surface area contributed by atoms with Gasteiger partial charge in [-0.2, -0.15) is 0 Å². The quantitative estimate of drug-likeness (QED) is 0.817. The molecule has 0 atom stereocenters. The first-order chi connectivity index (χ1) is 8.02. The van der Waals surface area contributed by atoms with E-state index >= 15 is 0 Å². The second-order valence-electron chi connectivity index (χ2n) is 5.13. The number of methoxy groups -OCH3 is 1. The van der Waals surface area contributed by atoms with Crippen molar-refractivity contribution in [1.29, 1.82) is 0 Å². The minimum atomic E-state index is 0.174. The van der Waals surface area contributed by atoms with E-state index in [-0.39, 0.29) is 5.54 Å². The zero-order chi connectivity index (χ0) is 12.9. The Hall–Kier alpha value is -1.02. The van der Waals surface area contributed by atoms with E-state index in [1.165, 1.54) is 11.1 Å². The molecule has 1 aromatic rings. The molecule has 0 bridgehead atoms. The van der Waals surface area contributed by atoms with Crippen molar-refractivity contribution in [2.24, 2.45) is 0 Å². The van der Waals surface area contributed by atoms with Gasteiger partial charge in [0, 0.05) is 5.54 Å². The first kappa shape index (κ1) is 14.0. The van der Waals surface area contributed by atoms with E-state index in [4.69, 9.17) is 4.74 Å². The SMILES string of the molecule is CCc1ccc(OC)c(CCC(C)(C)NC)c1. The van der Waals surface area contributed by atoms with Crippen molar-refractivity contribution in [3.8, 4) is 5.75 Å². The largest absolute Gasteiger partial charge is 0.496 e. The third kappa shape index (κ3) is 4.04. The normalized spacial score (nSPS) is 11.6. The summed E-state index contributed by atoms with van der Waals surface area (Å²) in [6.07, 6.45) is 3.23. The molecular weight excluding hydrogens is 210 g/mol. The fourth-order valence-electron chi connectivity index (χ4n) is 1.82. The summed E-state index contributed by atoms with van der Waals surface area (Å²) in [6.45, 7) is 6.63. The van der Waals surface area contributed by atoms with Gasteiger partial charge in [-0.1, -0.05) is 19.1 Å². The van der Waals surface area contributed by atoms with E-state index in [1.807, 2.05) is 7.05 Å². The van der Waals surface area contributed by atoms with E-state index in [0.717, 1.165) is 25.0 Å². The van der Waals surface area contributed by atoms with E-state index in [1.54, 1.807) is 7.11 Å². The number of ether oxygens (including phenoxy) is 1. The van der Waals surface area contributed by atoms with Crippen LogP contribution in [0.15, 0.2) is 18.2 Å². The van der Waals surface area contributed by atoms with Crippen LogP contribution in [0.1, 0.15) is 38.3 Å². The van der Waals surface area contributed by atoms with Crippen LogP contribution in [0.4, 0.5) is 0 Å². The van der Waals surface area contributed by atoms with Gasteiger partial charge in [-0.05, 0) is 57.4 Å². The molecule has 2 heteroatoms. The summed E-state index contributed by atoms with van der Waals surface area (Å²) in [5, 5.41) is 3.34. The molecule has 0 heterocycles. The van der Waals surface area contributed by atoms with E-state index < -0.39 is 0 Å². The molecule has 1 rings (SSSR count). The molecule has 0 saturated heterocycles. The van der Waals surface area contributed by atoms with Crippen LogP contribution in [0, 0.1) is 0 Å². The van der Waals surface area contributed by atoms with Crippen LogP contribution in [0.3, 0.4) is 0 Å². The lowest BCUT2D eigenvalue weighted by atomic mass is 9.94. The first-order valence-electron chi connectivity index (χ1n) is 6.37. The molecule has 0 fully saturated rings. The average Bonchev–Trinajstić information content (AvgIpc) is 2.36. The Morgan fingerprint density at radius 2 is 2.00 bits per heavy atom. The van der Waals surface area contributed by atoms with Crippen LogP contribution in [0.25, 0.3) is 0 Å². The molecule has 0 spiro atoms. The van der Waals surface area contributed by atoms with Crippen molar-refractivity contribution in [2.45, 2.75) is 45.6 Å². The highest BCUT2D eigenvalue weighted by Gasteiger charge is 2.15. The summed E-state index contributed by atoms with van der Waals surface area (Å²) in [5.74, 6) is 1.01. The number of benzene rings is 1. The second-order valence-corrected chi connectivity index (χ2v) is 5.13. The fraction of sp³-hybridized carbons (Fsp3) is 0.600. The highest BCUT2D eigenvalue weighted by Crippen LogP contribution is 2.23. The van der Waals surface area contributed by atoms with Crippen molar-refractivity contribution in [1.82, 2.24) is 5.32 Å². The maximum Gasteiger partial charge on any atom is 0.122 e. The molecule has 2 nitrogen and oxygen atoms in total. The van der Waals surface area contributed by atoms with Crippen LogP contribution in [0.5, 0.6) is 5.75 Å². The van der Waals surface area contributed by atoms with Crippen molar-refractivity contribution < 1.29 is 4.74 Å². The topological polar surface area (TPSA) is 21.3 Å². The van der Waals surface area contributed by atoms with Gasteiger partial charge in [0.05, 0.1) is 7.11 Å². The molecule has 1 aromatic carbocycles. The molecule has 0 aliphatic carbocycles. The van der Waals surface area contributed by atoms with Gasteiger partial charge in [0.1, 0.15) is 5.75 Å². The zero-order valence-corrected chi connectivity index (χ0v) is 11.8. The van der Waals surface area contributed by atoms with Gasteiger partial charge in [0.25, 0.3) is 0 Å². The zero-order valence-electron chi connectivity index (χ0n) is 11.8. The smallest absolute Gasteiger partial charge is 0.122 e. The lowest BCUT2D eigenvalue weighted by Gasteiger charge is -2.24. The Balaban J connectivity index is 2.81. The minimum Gasteiger partial charge on any atom is -0.496 e. The van der Waals surface area contributed by atoms with E-state index in [0.29, 0.717) is 0 Å². The van der Waals surface area contributed by atoms with Crippen molar-refractivity contribution in [3.05, 3.63) is 29.3 Å². The summed E-state index contributed by atoms with van der Waals surface area (Å²) < 4.78 is 5.42. The molecule has 0 saturated carbocycles. The lowest BCUT2D eigenvalue weighted by molar-refractivity contribution is 0.381. The molecule has 0 aliphatic heterocycles. The molecule has 0 unspecified atom stereocenters. The Kier molecular flexibility index (Phi) is 5.01. The van der Waals surface area contributed by atoms with Crippen LogP contribution in [-0.4, -0.2) is 19.7 Å². The van der Waals surface area contributed by atoms with Crippen molar-refractivity contribution in [3.63, 3.8) is 0 Å². The minimum absolute atomic E-state index is 0.174. The van der Waals surface area contributed by atoms with Crippen molar-refractivity contribution >= 4 is 0 Å². The summed E-state index contributed by atoms with van der Waals surface area (Å²) in [5.41, 5.74) is 2.87. The van der Waals surface area contributed by atoms with Crippen LogP contribution in [-0.2, 0) is 12.8 Å². The Morgan fingerprint density at radius 1 is 1.29 bits per heavy atom. The highest BCUT2D eigenvalue weighted by atomic mass is 16.5. The summed E-state index contributed by atoms with van der Waals surface area (Å²) >= 11 is 0. The van der Waals surface area contributed by atoms with Crippen LogP contribution < -0.4 is 10.1 Å². The van der Waals surface area contributed by atoms with Gasteiger partial charge in [-0.15, -0.1) is 0 Å². The molecular formula is C15H25NO. The molecule has 0 amide bonds. The maximum absolute atomic E-state index is 5.42. The van der Waals surface area contributed by atoms with Gasteiger partial charge >= 0.3 is 0 Å². The Bertz CT molecular complexity index is 358. The highest BCUT2D eigenvalue weighted by molar-refractivity contribution is 5.37. The predicted molar refractivity (Wildman–Crippen MR) is 73.8 cm³/mol. The fourth-order valence-corrected chi connectivity index (χ4v) is 1.82. The van der Waals surface area contributed by atoms with Crippen LogP contribution in [0.2, 0.25) is 0 Å². The molecule has 1 N–H and O–H groups in total. The molecule has 0 radical (unpaired) electrons. The average molecular weight is 235 g/mol. The van der Waals surface area contributed by atoms with E-state index in [9.17, 15) is 0 Å². The van der Waals surface area contributed by atoms with Gasteiger partial charge in [-0.25, -0.2) is 0 Å². The first-order valence-corrected chi connectivity index (χ1v) is 6.37. The number of aryl methyl sites for hydroxylation is 2. The van der Waals surface area contributed by atoms with Crippen LogP contribution >= 0.6 is 0 Å². The predicted octanol–water partition coefficient (Wildman–Crippen LogP) is 3.19. The lowest BCUT2D eigenvalue weighted by Crippen LogP contribution is -2.36. The molecule has 96 valence electrons. The number of nitrogens with one attached hydrogen (secondary N) is 1. The monoisotopic (exact) mass is 235 g/mol. The van der Waals surface area contributed by atoms with E-state index in [2.05, 4.69) is 44.3 Å². The number of hydrogen-bond donors (Lipinski definition) is 1. The van der Waals surface area contributed by atoms with Gasteiger partial charge in [-0.3, -0.25) is 0 Å².